The fraction of sp³-hybridized carbons (Fsp3) is 0.222. The summed E-state index contributed by atoms with van der Waals surface area (Å²) in [6.07, 6.45) is 0.321. The lowest BCUT2D eigenvalue weighted by Crippen LogP contribution is -2.35. The zero-order chi connectivity index (χ0) is 17.9. The fourth-order valence-corrected chi connectivity index (χ4v) is 4.57. The third kappa shape index (κ3) is 2.07. The van der Waals surface area contributed by atoms with Crippen LogP contribution in [0.4, 0.5) is 0 Å². The predicted molar refractivity (Wildman–Crippen MR) is 95.2 cm³/mol. The first-order chi connectivity index (χ1) is 11.9. The first kappa shape index (κ1) is 15.7. The van der Waals surface area contributed by atoms with Gasteiger partial charge in [-0.2, -0.15) is 15.0 Å². The number of allylic oxidation sites excluding steroid dienone is 1. The minimum absolute atomic E-state index is 0.153. The van der Waals surface area contributed by atoms with Crippen LogP contribution in [0.5, 0.6) is 0 Å². The van der Waals surface area contributed by atoms with Crippen molar-refractivity contribution < 1.29 is 4.79 Å². The van der Waals surface area contributed by atoms with E-state index in [1.54, 1.807) is 12.1 Å². The summed E-state index contributed by atoms with van der Waals surface area (Å²) in [5.74, 6) is 0. The highest BCUT2D eigenvalue weighted by atomic mass is 32.2. The standard InChI is InChI=1S/C18H14N4O2S/c1-9-3-5-11(6-4-9)22-16(23)12-13-15(21-22)17(24)25-18(13,2)7-10(8-19)14(12)20/h3-6H,7,20H2,1-2H3/t18-/m1/s1. The highest BCUT2D eigenvalue weighted by Crippen LogP contribution is 2.54. The van der Waals surface area contributed by atoms with Gasteiger partial charge >= 0.3 is 0 Å². The van der Waals surface area contributed by atoms with E-state index in [0.717, 1.165) is 17.3 Å². The average Bonchev–Trinajstić information content (AvgIpc) is 2.83. The molecule has 1 atom stereocenters. The summed E-state index contributed by atoms with van der Waals surface area (Å²) in [6.45, 7) is 3.80. The van der Waals surface area contributed by atoms with Crippen molar-refractivity contribution in [3.05, 3.63) is 62.6 Å². The molecule has 2 heterocycles. The number of carbonyl (C=O) groups excluding carboxylic acids is 1. The Morgan fingerprint density at radius 3 is 2.64 bits per heavy atom. The van der Waals surface area contributed by atoms with E-state index in [9.17, 15) is 14.9 Å². The van der Waals surface area contributed by atoms with Crippen LogP contribution in [0, 0.1) is 18.3 Å². The zero-order valence-electron chi connectivity index (χ0n) is 13.7. The summed E-state index contributed by atoms with van der Waals surface area (Å²) in [4.78, 5) is 25.6. The number of nitrogens with zero attached hydrogens (tertiary/aromatic N) is 3. The maximum atomic E-state index is 13.1. The lowest BCUT2D eigenvalue weighted by atomic mass is 9.82. The molecule has 7 heteroatoms. The molecule has 1 aromatic carbocycles. The van der Waals surface area contributed by atoms with Gasteiger partial charge in [0, 0.05) is 12.0 Å². The van der Waals surface area contributed by atoms with Gasteiger partial charge in [-0.15, -0.1) is 0 Å². The number of hydrogen-bond donors (Lipinski definition) is 1. The van der Waals surface area contributed by atoms with Gasteiger partial charge in [0.05, 0.1) is 33.3 Å². The molecule has 0 saturated heterocycles. The van der Waals surface area contributed by atoms with Crippen molar-refractivity contribution in [2.75, 3.05) is 0 Å². The van der Waals surface area contributed by atoms with Crippen molar-refractivity contribution in [1.29, 1.82) is 5.26 Å². The minimum atomic E-state index is -0.672. The molecule has 1 aliphatic carbocycles. The van der Waals surface area contributed by atoms with Crippen LogP contribution in [0.15, 0.2) is 34.6 Å². The Hall–Kier alpha value is -2.85. The highest BCUT2D eigenvalue weighted by molar-refractivity contribution is 8.15. The van der Waals surface area contributed by atoms with Gasteiger partial charge in [-0.1, -0.05) is 29.5 Å². The predicted octanol–water partition coefficient (Wildman–Crippen LogP) is 2.24. The molecular weight excluding hydrogens is 336 g/mol. The number of aromatic nitrogens is 2. The number of benzene rings is 1. The molecule has 0 fully saturated rings. The van der Waals surface area contributed by atoms with Crippen LogP contribution < -0.4 is 11.3 Å². The Labute approximate surface area is 148 Å². The summed E-state index contributed by atoms with van der Waals surface area (Å²) in [7, 11) is 0. The normalized spacial score (nSPS) is 21.2. The number of nitrogens with two attached hydrogens (primary N) is 1. The fourth-order valence-electron chi connectivity index (χ4n) is 3.41. The van der Waals surface area contributed by atoms with Crippen molar-refractivity contribution in [2.45, 2.75) is 25.0 Å². The molecule has 0 radical (unpaired) electrons. The van der Waals surface area contributed by atoms with Gasteiger partial charge in [0.15, 0.2) is 0 Å². The molecule has 6 nitrogen and oxygen atoms in total. The van der Waals surface area contributed by atoms with Crippen LogP contribution in [0.25, 0.3) is 11.4 Å². The van der Waals surface area contributed by atoms with Crippen LogP contribution in [0.2, 0.25) is 0 Å². The molecule has 1 aliphatic heterocycles. The molecule has 0 unspecified atom stereocenters. The molecule has 0 spiro atoms. The van der Waals surface area contributed by atoms with Gasteiger partial charge in [0.25, 0.3) is 5.56 Å². The third-order valence-corrected chi connectivity index (χ3v) is 5.83. The largest absolute Gasteiger partial charge is 0.397 e. The summed E-state index contributed by atoms with van der Waals surface area (Å²) < 4.78 is 0.527. The van der Waals surface area contributed by atoms with E-state index in [4.69, 9.17) is 5.73 Å². The molecule has 1 aromatic heterocycles. The van der Waals surface area contributed by atoms with Crippen molar-refractivity contribution >= 4 is 22.6 Å². The van der Waals surface area contributed by atoms with E-state index >= 15 is 0 Å². The van der Waals surface area contributed by atoms with Crippen LogP contribution in [0.1, 0.15) is 40.5 Å². The molecule has 0 saturated carbocycles. The molecule has 25 heavy (non-hydrogen) atoms. The van der Waals surface area contributed by atoms with Gasteiger partial charge in [0.2, 0.25) is 5.12 Å². The van der Waals surface area contributed by atoms with E-state index in [1.807, 2.05) is 26.0 Å². The monoisotopic (exact) mass is 350 g/mol. The Morgan fingerprint density at radius 1 is 1.32 bits per heavy atom. The number of nitriles is 1. The molecule has 2 N–H and O–H groups in total. The number of rotatable bonds is 1. The maximum absolute atomic E-state index is 13.1. The second-order valence-electron chi connectivity index (χ2n) is 6.45. The number of carbonyl (C=O) groups is 1. The van der Waals surface area contributed by atoms with Crippen molar-refractivity contribution in [3.8, 4) is 11.8 Å². The maximum Gasteiger partial charge on any atom is 0.281 e. The average molecular weight is 350 g/mol. The van der Waals surface area contributed by atoms with Gasteiger partial charge in [-0.25, -0.2) is 0 Å². The quantitative estimate of drug-likeness (QED) is 0.846. The van der Waals surface area contributed by atoms with E-state index in [1.165, 1.54) is 4.68 Å². The molecular formula is C18H14N4O2S. The zero-order valence-corrected chi connectivity index (χ0v) is 14.5. The van der Waals surface area contributed by atoms with Gasteiger partial charge < -0.3 is 5.73 Å². The van der Waals surface area contributed by atoms with E-state index in [0.29, 0.717) is 23.2 Å². The molecule has 124 valence electrons. The summed E-state index contributed by atoms with van der Waals surface area (Å²) in [6, 6.07) is 9.34. The molecule has 2 aromatic rings. The van der Waals surface area contributed by atoms with Gasteiger partial charge in [0.1, 0.15) is 5.69 Å². The van der Waals surface area contributed by atoms with Crippen molar-refractivity contribution in [2.24, 2.45) is 5.73 Å². The topological polar surface area (TPSA) is 102 Å². The summed E-state index contributed by atoms with van der Waals surface area (Å²) in [5, 5.41) is 13.5. The Morgan fingerprint density at radius 2 is 2.00 bits per heavy atom. The Bertz CT molecular complexity index is 1080. The summed E-state index contributed by atoms with van der Waals surface area (Å²) in [5.41, 5.74) is 8.86. The SMILES string of the molecule is Cc1ccc(-n2nc3c4c(c2=O)C(N)=C(C#N)C[C@@]4(C)SC3=O)cc1. The third-order valence-electron chi connectivity index (χ3n) is 4.66. The van der Waals surface area contributed by atoms with Crippen LogP contribution in [-0.4, -0.2) is 14.9 Å². The molecule has 2 aliphatic rings. The van der Waals surface area contributed by atoms with Crippen molar-refractivity contribution in [1.82, 2.24) is 9.78 Å². The minimum Gasteiger partial charge on any atom is -0.397 e. The van der Waals surface area contributed by atoms with Crippen LogP contribution in [0.3, 0.4) is 0 Å². The van der Waals surface area contributed by atoms with Crippen LogP contribution >= 0.6 is 11.8 Å². The Balaban J connectivity index is 2.10. The second kappa shape index (κ2) is 5.07. The first-order valence-electron chi connectivity index (χ1n) is 7.73. The smallest absolute Gasteiger partial charge is 0.281 e. The number of hydrogen-bond acceptors (Lipinski definition) is 6. The lowest BCUT2D eigenvalue weighted by molar-refractivity contribution is 0.108. The number of thioether (sulfide) groups is 1. The van der Waals surface area contributed by atoms with Crippen LogP contribution in [-0.2, 0) is 4.75 Å². The van der Waals surface area contributed by atoms with E-state index < -0.39 is 10.3 Å². The second-order valence-corrected chi connectivity index (χ2v) is 7.93. The molecule has 0 amide bonds. The molecule has 0 bridgehead atoms. The lowest BCUT2D eigenvalue weighted by Gasteiger charge is -2.29. The van der Waals surface area contributed by atoms with Crippen molar-refractivity contribution in [3.63, 3.8) is 0 Å². The Kier molecular flexibility index (Phi) is 3.18. The summed E-state index contributed by atoms with van der Waals surface area (Å²) >= 11 is 1.10. The van der Waals surface area contributed by atoms with E-state index in [2.05, 4.69) is 11.2 Å². The number of aryl methyl sites for hydroxylation is 1. The highest BCUT2D eigenvalue weighted by Gasteiger charge is 2.49. The van der Waals surface area contributed by atoms with Gasteiger partial charge in [-0.3, -0.25) is 9.59 Å². The van der Waals surface area contributed by atoms with E-state index in [-0.39, 0.29) is 22.1 Å². The van der Waals surface area contributed by atoms with Gasteiger partial charge in [-0.05, 0) is 26.0 Å². The first-order valence-corrected chi connectivity index (χ1v) is 8.54. The molecule has 4 rings (SSSR count).